The molecule has 2 heterocycles. The van der Waals surface area contributed by atoms with Crippen LogP contribution in [-0.4, -0.2) is 34.9 Å². The summed E-state index contributed by atoms with van der Waals surface area (Å²) in [6, 6.07) is 21.4. The Morgan fingerprint density at radius 1 is 1.03 bits per heavy atom. The fourth-order valence-electron chi connectivity index (χ4n) is 5.20. The van der Waals surface area contributed by atoms with Gasteiger partial charge in [-0.1, -0.05) is 55.5 Å². The highest BCUT2D eigenvalue weighted by atomic mass is 16.5. The van der Waals surface area contributed by atoms with Crippen molar-refractivity contribution in [2.75, 3.05) is 19.0 Å². The molecule has 1 aliphatic rings. The third kappa shape index (κ3) is 3.75. The van der Waals surface area contributed by atoms with Gasteiger partial charge in [-0.25, -0.2) is 0 Å². The molecule has 1 unspecified atom stereocenters. The van der Waals surface area contributed by atoms with Crippen molar-refractivity contribution in [1.29, 1.82) is 0 Å². The maximum Gasteiger partial charge on any atom is 0.272 e. The number of nitrogens with zero attached hydrogens (tertiary/aromatic N) is 2. The van der Waals surface area contributed by atoms with E-state index in [9.17, 15) is 9.59 Å². The van der Waals surface area contributed by atoms with Crippen LogP contribution < -0.4 is 10.1 Å². The number of hydrogen-bond acceptors (Lipinski definition) is 3. The first-order chi connectivity index (χ1) is 16.9. The van der Waals surface area contributed by atoms with Gasteiger partial charge in [-0.2, -0.15) is 0 Å². The van der Waals surface area contributed by atoms with Gasteiger partial charge in [0.2, 0.25) is 5.91 Å². The van der Waals surface area contributed by atoms with Crippen LogP contribution >= 0.6 is 0 Å². The second-order valence-corrected chi connectivity index (χ2v) is 8.96. The van der Waals surface area contributed by atoms with E-state index in [1.54, 1.807) is 12.0 Å². The highest BCUT2D eigenvalue weighted by Gasteiger charge is 2.42. The van der Waals surface area contributed by atoms with Crippen molar-refractivity contribution >= 4 is 28.4 Å². The summed E-state index contributed by atoms with van der Waals surface area (Å²) in [6.45, 7) is 4.00. The first kappa shape index (κ1) is 22.7. The van der Waals surface area contributed by atoms with Gasteiger partial charge in [0.15, 0.2) is 0 Å². The Hall–Kier alpha value is -4.06. The van der Waals surface area contributed by atoms with Crippen molar-refractivity contribution in [2.24, 2.45) is 7.05 Å². The number of benzene rings is 3. The van der Waals surface area contributed by atoms with Crippen LogP contribution in [0.3, 0.4) is 0 Å². The number of carbonyl (C=O) groups is 2. The van der Waals surface area contributed by atoms with Gasteiger partial charge < -0.3 is 19.5 Å². The van der Waals surface area contributed by atoms with Crippen molar-refractivity contribution < 1.29 is 14.3 Å². The number of nitrogens with one attached hydrogen (secondary N) is 1. The first-order valence-corrected chi connectivity index (χ1v) is 11.8. The van der Waals surface area contributed by atoms with Crippen molar-refractivity contribution in [2.45, 2.75) is 26.3 Å². The number of aromatic nitrogens is 1. The van der Waals surface area contributed by atoms with Gasteiger partial charge in [0.1, 0.15) is 18.0 Å². The van der Waals surface area contributed by atoms with Gasteiger partial charge in [-0.3, -0.25) is 9.59 Å². The maximum atomic E-state index is 13.8. The van der Waals surface area contributed by atoms with Crippen LogP contribution in [0.15, 0.2) is 66.7 Å². The molecule has 0 bridgehead atoms. The highest BCUT2D eigenvalue weighted by Crippen LogP contribution is 2.44. The van der Waals surface area contributed by atoms with E-state index in [1.165, 1.54) is 0 Å². The van der Waals surface area contributed by atoms with Crippen LogP contribution in [0.4, 0.5) is 5.69 Å². The molecule has 0 aliphatic carbocycles. The monoisotopic (exact) mass is 467 g/mol. The molecule has 6 nitrogen and oxygen atoms in total. The minimum absolute atomic E-state index is 0.0456. The van der Waals surface area contributed by atoms with Crippen molar-refractivity contribution in [3.8, 4) is 5.75 Å². The van der Waals surface area contributed by atoms with E-state index in [1.807, 2.05) is 85.3 Å². The molecule has 1 N–H and O–H groups in total. The van der Waals surface area contributed by atoms with Gasteiger partial charge in [0.05, 0.1) is 13.2 Å². The maximum absolute atomic E-state index is 13.8. The van der Waals surface area contributed by atoms with E-state index in [4.69, 9.17) is 4.74 Å². The van der Waals surface area contributed by atoms with Crippen LogP contribution in [0.2, 0.25) is 0 Å². The largest absolute Gasteiger partial charge is 0.497 e. The molecule has 35 heavy (non-hydrogen) atoms. The number of aryl methyl sites for hydroxylation is 3. The van der Waals surface area contributed by atoms with Crippen molar-refractivity contribution in [3.63, 3.8) is 0 Å². The summed E-state index contributed by atoms with van der Waals surface area (Å²) >= 11 is 0. The minimum atomic E-state index is -0.372. The Morgan fingerprint density at radius 2 is 1.77 bits per heavy atom. The summed E-state index contributed by atoms with van der Waals surface area (Å²) < 4.78 is 7.28. The normalized spacial score (nSPS) is 14.9. The molecule has 6 heteroatoms. The molecule has 0 fully saturated rings. The zero-order chi connectivity index (χ0) is 24.7. The number of fused-ring (bicyclic) bond motifs is 3. The molecule has 5 rings (SSSR count). The second kappa shape index (κ2) is 8.95. The summed E-state index contributed by atoms with van der Waals surface area (Å²) in [6.07, 6.45) is 0.811. The van der Waals surface area contributed by atoms with Gasteiger partial charge in [0.25, 0.3) is 5.91 Å². The lowest BCUT2D eigenvalue weighted by Crippen LogP contribution is -2.37. The molecule has 3 aromatic carbocycles. The summed E-state index contributed by atoms with van der Waals surface area (Å²) in [5.41, 5.74) is 6.42. The number of para-hydroxylation sites is 2. The summed E-state index contributed by atoms with van der Waals surface area (Å²) in [5.74, 6) is 0.389. The van der Waals surface area contributed by atoms with E-state index in [-0.39, 0.29) is 24.4 Å². The van der Waals surface area contributed by atoms with Crippen LogP contribution in [0, 0.1) is 6.92 Å². The average molecular weight is 468 g/mol. The van der Waals surface area contributed by atoms with Gasteiger partial charge in [-0.05, 0) is 48.2 Å². The third-order valence-corrected chi connectivity index (χ3v) is 6.94. The van der Waals surface area contributed by atoms with Gasteiger partial charge in [-0.15, -0.1) is 0 Å². The Labute approximate surface area is 205 Å². The van der Waals surface area contributed by atoms with E-state index in [2.05, 4.69) is 12.2 Å². The molecule has 178 valence electrons. The lowest BCUT2D eigenvalue weighted by Gasteiger charge is -2.26. The second-order valence-electron chi connectivity index (χ2n) is 8.96. The molecular weight excluding hydrogens is 438 g/mol. The Balaban J connectivity index is 1.56. The molecule has 4 aromatic rings. The molecule has 0 saturated carbocycles. The van der Waals surface area contributed by atoms with Gasteiger partial charge >= 0.3 is 0 Å². The molecule has 1 aromatic heterocycles. The number of rotatable bonds is 6. The van der Waals surface area contributed by atoms with Gasteiger partial charge in [0, 0.05) is 29.2 Å². The smallest absolute Gasteiger partial charge is 0.272 e. The fourth-order valence-corrected chi connectivity index (χ4v) is 5.20. The molecule has 0 spiro atoms. The molecule has 1 aliphatic heterocycles. The van der Waals surface area contributed by atoms with E-state index >= 15 is 0 Å². The summed E-state index contributed by atoms with van der Waals surface area (Å²) in [4.78, 5) is 28.8. The van der Waals surface area contributed by atoms with Crippen molar-refractivity contribution in [1.82, 2.24) is 9.47 Å². The third-order valence-electron chi connectivity index (χ3n) is 6.94. The zero-order valence-corrected chi connectivity index (χ0v) is 20.5. The Kier molecular flexibility index (Phi) is 5.81. The molecule has 0 radical (unpaired) electrons. The molecular formula is C29H29N3O3. The molecule has 0 saturated heterocycles. The Morgan fingerprint density at radius 3 is 2.49 bits per heavy atom. The minimum Gasteiger partial charge on any atom is -0.497 e. The lowest BCUT2D eigenvalue weighted by atomic mass is 9.98. The zero-order valence-electron chi connectivity index (χ0n) is 20.5. The fraction of sp³-hybridized carbons (Fsp3) is 0.241. The summed E-state index contributed by atoms with van der Waals surface area (Å²) in [7, 11) is 3.54. The van der Waals surface area contributed by atoms with Crippen LogP contribution in [0.5, 0.6) is 5.75 Å². The molecule has 1 atom stereocenters. The van der Waals surface area contributed by atoms with Crippen LogP contribution in [0.25, 0.3) is 10.9 Å². The average Bonchev–Trinajstić information content (AvgIpc) is 3.32. The topological polar surface area (TPSA) is 63.6 Å². The number of amides is 2. The van der Waals surface area contributed by atoms with E-state index in [0.717, 1.165) is 51.0 Å². The van der Waals surface area contributed by atoms with E-state index < -0.39 is 0 Å². The molecule has 2 amide bonds. The number of hydrogen-bond donors (Lipinski definition) is 1. The number of ether oxygens (including phenoxy) is 1. The van der Waals surface area contributed by atoms with Crippen LogP contribution in [0.1, 0.15) is 45.7 Å². The number of anilines is 1. The Bertz CT molecular complexity index is 1440. The van der Waals surface area contributed by atoms with Crippen molar-refractivity contribution in [3.05, 3.63) is 94.7 Å². The van der Waals surface area contributed by atoms with Crippen LogP contribution in [-0.2, 0) is 18.3 Å². The lowest BCUT2D eigenvalue weighted by molar-refractivity contribution is -0.117. The van der Waals surface area contributed by atoms with E-state index in [0.29, 0.717) is 5.69 Å². The SMILES string of the molecule is CCc1cccc(C)c1NC(=O)CN1C(=O)c2c(c3ccccc3n2C)C1c1ccc(OC)cc1. The first-order valence-electron chi connectivity index (χ1n) is 11.8. The number of methoxy groups -OCH3 is 1. The summed E-state index contributed by atoms with van der Waals surface area (Å²) in [5, 5.41) is 4.10. The highest BCUT2D eigenvalue weighted by molar-refractivity contribution is 6.08. The number of carbonyl (C=O) groups excluding carboxylic acids is 2. The quantitative estimate of drug-likeness (QED) is 0.422. The standard InChI is InChI=1S/C29H29N3O3/c1-5-19-10-8-9-18(2)26(19)30-24(33)17-32-27(20-13-15-21(35-4)16-14-20)25-22-11-6-7-12-23(22)31(3)28(25)29(32)34/h6-16,27H,5,17H2,1-4H3,(H,30,33). The predicted molar refractivity (Wildman–Crippen MR) is 138 cm³/mol. The predicted octanol–water partition coefficient (Wildman–Crippen LogP) is 5.24.